The SMILES string of the molecule is c1ccc2c(c1)C1OC3c4ccccc4C2C3O1. The lowest BCUT2D eigenvalue weighted by Gasteiger charge is -2.28. The van der Waals surface area contributed by atoms with Crippen LogP contribution in [0, 0.1) is 0 Å². The molecular weight excluding hydrogens is 224 g/mol. The van der Waals surface area contributed by atoms with Gasteiger partial charge in [0.15, 0.2) is 6.29 Å². The summed E-state index contributed by atoms with van der Waals surface area (Å²) in [5, 5.41) is 0. The van der Waals surface area contributed by atoms with Gasteiger partial charge in [-0.25, -0.2) is 0 Å². The molecule has 0 radical (unpaired) electrons. The lowest BCUT2D eigenvalue weighted by atomic mass is 9.86. The molecule has 2 heterocycles. The molecule has 2 heteroatoms. The van der Waals surface area contributed by atoms with Crippen LogP contribution in [0.3, 0.4) is 0 Å². The minimum absolute atomic E-state index is 0.114. The number of fused-ring (bicyclic) bond motifs is 7. The van der Waals surface area contributed by atoms with Crippen molar-refractivity contribution in [3.8, 4) is 0 Å². The number of ether oxygens (including phenoxy) is 2. The van der Waals surface area contributed by atoms with Crippen molar-refractivity contribution in [2.45, 2.75) is 24.4 Å². The van der Waals surface area contributed by atoms with Crippen LogP contribution in [-0.4, -0.2) is 6.10 Å². The first-order chi connectivity index (χ1) is 8.93. The second-order valence-corrected chi connectivity index (χ2v) is 5.22. The van der Waals surface area contributed by atoms with Gasteiger partial charge in [-0.15, -0.1) is 0 Å². The Hall–Kier alpha value is -1.64. The quantitative estimate of drug-likeness (QED) is 0.698. The molecule has 2 aromatic carbocycles. The summed E-state index contributed by atoms with van der Waals surface area (Å²) in [5.41, 5.74) is 5.27. The molecule has 1 fully saturated rings. The summed E-state index contributed by atoms with van der Waals surface area (Å²) in [6.45, 7) is 0. The Balaban J connectivity index is 1.85. The first-order valence-electron chi connectivity index (χ1n) is 6.42. The van der Waals surface area contributed by atoms with Gasteiger partial charge < -0.3 is 9.47 Å². The minimum Gasteiger partial charge on any atom is -0.341 e. The maximum absolute atomic E-state index is 6.11. The van der Waals surface area contributed by atoms with Crippen LogP contribution in [0.5, 0.6) is 0 Å². The van der Waals surface area contributed by atoms with Crippen LogP contribution < -0.4 is 0 Å². The molecule has 18 heavy (non-hydrogen) atoms. The van der Waals surface area contributed by atoms with Crippen LogP contribution in [0.1, 0.15) is 40.6 Å². The molecular formula is C16H12O2. The first-order valence-corrected chi connectivity index (χ1v) is 6.42. The Morgan fingerprint density at radius 2 is 1.28 bits per heavy atom. The zero-order valence-corrected chi connectivity index (χ0v) is 9.74. The average Bonchev–Trinajstić information content (AvgIpc) is 2.92. The van der Waals surface area contributed by atoms with E-state index < -0.39 is 0 Å². The fraction of sp³-hybridized carbons (Fsp3) is 0.250. The molecule has 2 aromatic rings. The monoisotopic (exact) mass is 236 g/mol. The average molecular weight is 236 g/mol. The molecule has 3 aliphatic rings. The standard InChI is InChI=1S/C16H12O2/c1-3-7-11-9(5-1)13-10-6-2-4-8-12(10)16-17-14(11)15(13)18-16/h1-8,13-16H. The summed E-state index contributed by atoms with van der Waals surface area (Å²) in [7, 11) is 0. The molecule has 0 saturated carbocycles. The molecule has 4 unspecified atom stereocenters. The summed E-state index contributed by atoms with van der Waals surface area (Å²) in [6, 6.07) is 17.1. The normalized spacial score (nSPS) is 34.2. The highest BCUT2D eigenvalue weighted by Gasteiger charge is 2.54. The van der Waals surface area contributed by atoms with E-state index in [1.54, 1.807) is 0 Å². The Morgan fingerprint density at radius 1 is 0.667 bits per heavy atom. The molecule has 2 nitrogen and oxygen atoms in total. The van der Waals surface area contributed by atoms with E-state index in [0.717, 1.165) is 0 Å². The summed E-state index contributed by atoms with van der Waals surface area (Å²) < 4.78 is 12.2. The van der Waals surface area contributed by atoms with Crippen LogP contribution in [0.2, 0.25) is 0 Å². The van der Waals surface area contributed by atoms with E-state index in [1.807, 2.05) is 0 Å². The topological polar surface area (TPSA) is 18.5 Å². The number of benzene rings is 2. The van der Waals surface area contributed by atoms with Gasteiger partial charge in [0, 0.05) is 11.5 Å². The van der Waals surface area contributed by atoms with Gasteiger partial charge in [-0.05, 0) is 16.7 Å². The second-order valence-electron chi connectivity index (χ2n) is 5.22. The highest BCUT2D eigenvalue weighted by molar-refractivity contribution is 5.51. The van der Waals surface area contributed by atoms with Crippen molar-refractivity contribution in [1.82, 2.24) is 0 Å². The molecule has 5 rings (SSSR count). The van der Waals surface area contributed by atoms with Crippen LogP contribution in [-0.2, 0) is 9.47 Å². The highest BCUT2D eigenvalue weighted by Crippen LogP contribution is 2.59. The summed E-state index contributed by atoms with van der Waals surface area (Å²) in [5.74, 6) is 0.348. The highest BCUT2D eigenvalue weighted by atomic mass is 16.7. The van der Waals surface area contributed by atoms with E-state index in [1.165, 1.54) is 22.3 Å². The smallest absolute Gasteiger partial charge is 0.185 e. The molecule has 4 atom stereocenters. The van der Waals surface area contributed by atoms with E-state index in [-0.39, 0.29) is 18.5 Å². The molecule has 0 N–H and O–H groups in total. The molecule has 88 valence electrons. The fourth-order valence-electron chi connectivity index (χ4n) is 3.69. The zero-order valence-electron chi connectivity index (χ0n) is 9.74. The van der Waals surface area contributed by atoms with Gasteiger partial charge >= 0.3 is 0 Å². The van der Waals surface area contributed by atoms with Gasteiger partial charge in [0.25, 0.3) is 0 Å². The third kappa shape index (κ3) is 0.935. The van der Waals surface area contributed by atoms with Gasteiger partial charge in [-0.3, -0.25) is 0 Å². The van der Waals surface area contributed by atoms with Gasteiger partial charge in [-0.2, -0.15) is 0 Å². The van der Waals surface area contributed by atoms with Gasteiger partial charge in [0.05, 0.1) is 0 Å². The third-order valence-electron chi connectivity index (χ3n) is 4.40. The predicted octanol–water partition coefficient (Wildman–Crippen LogP) is 3.30. The van der Waals surface area contributed by atoms with Crippen LogP contribution in [0.15, 0.2) is 48.5 Å². The largest absolute Gasteiger partial charge is 0.341 e. The number of rotatable bonds is 0. The molecule has 1 aliphatic carbocycles. The molecule has 2 aliphatic heterocycles. The van der Waals surface area contributed by atoms with E-state index in [9.17, 15) is 0 Å². The Bertz CT molecular complexity index is 649. The fourth-order valence-corrected chi connectivity index (χ4v) is 3.69. The van der Waals surface area contributed by atoms with E-state index >= 15 is 0 Å². The Labute approximate surface area is 105 Å². The molecule has 0 aromatic heterocycles. The van der Waals surface area contributed by atoms with E-state index in [4.69, 9.17) is 9.47 Å². The van der Waals surface area contributed by atoms with Crippen molar-refractivity contribution in [3.63, 3.8) is 0 Å². The van der Waals surface area contributed by atoms with Crippen molar-refractivity contribution in [1.29, 1.82) is 0 Å². The first kappa shape index (κ1) is 9.31. The predicted molar refractivity (Wildman–Crippen MR) is 66.2 cm³/mol. The maximum atomic E-state index is 6.11. The van der Waals surface area contributed by atoms with Crippen molar-refractivity contribution >= 4 is 0 Å². The summed E-state index contributed by atoms with van der Waals surface area (Å²) >= 11 is 0. The lowest BCUT2D eigenvalue weighted by molar-refractivity contribution is -0.0807. The molecule has 1 saturated heterocycles. The Kier molecular flexibility index (Phi) is 1.56. The second kappa shape index (κ2) is 3.02. The molecule has 0 spiro atoms. The molecule has 2 bridgehead atoms. The lowest BCUT2D eigenvalue weighted by Crippen LogP contribution is -2.23. The van der Waals surface area contributed by atoms with E-state index in [2.05, 4.69) is 48.5 Å². The van der Waals surface area contributed by atoms with Crippen LogP contribution in [0.4, 0.5) is 0 Å². The van der Waals surface area contributed by atoms with Crippen molar-refractivity contribution < 1.29 is 9.47 Å². The minimum atomic E-state index is -0.166. The van der Waals surface area contributed by atoms with Crippen molar-refractivity contribution in [3.05, 3.63) is 70.8 Å². The maximum Gasteiger partial charge on any atom is 0.185 e. The zero-order chi connectivity index (χ0) is 11.7. The number of hydrogen-bond acceptors (Lipinski definition) is 2. The van der Waals surface area contributed by atoms with Gasteiger partial charge in [0.1, 0.15) is 12.2 Å². The summed E-state index contributed by atoms with van der Waals surface area (Å²) in [4.78, 5) is 0. The van der Waals surface area contributed by atoms with Crippen molar-refractivity contribution in [2.75, 3.05) is 0 Å². The number of hydrogen-bond donors (Lipinski definition) is 0. The van der Waals surface area contributed by atoms with Crippen molar-refractivity contribution in [2.24, 2.45) is 0 Å². The Morgan fingerprint density at radius 3 is 2.06 bits per heavy atom. The van der Waals surface area contributed by atoms with Gasteiger partial charge in [0.2, 0.25) is 0 Å². The van der Waals surface area contributed by atoms with Gasteiger partial charge in [-0.1, -0.05) is 48.5 Å². The van der Waals surface area contributed by atoms with Crippen LogP contribution in [0.25, 0.3) is 0 Å². The molecule has 0 amide bonds. The summed E-state index contributed by atoms with van der Waals surface area (Å²) in [6.07, 6.45) is 0.117. The van der Waals surface area contributed by atoms with E-state index in [0.29, 0.717) is 5.92 Å². The van der Waals surface area contributed by atoms with Crippen LogP contribution >= 0.6 is 0 Å². The third-order valence-corrected chi connectivity index (χ3v) is 4.40.